The molecule has 2 heterocycles. The molecule has 2 fully saturated rings. The van der Waals surface area contributed by atoms with Crippen LogP contribution in [-0.4, -0.2) is 42.9 Å². The number of fused-ring (bicyclic) bond motifs is 1. The van der Waals surface area contributed by atoms with Gasteiger partial charge in [0, 0.05) is 24.9 Å². The molecule has 1 aromatic carbocycles. The van der Waals surface area contributed by atoms with Gasteiger partial charge in [0.25, 0.3) is 0 Å². The van der Waals surface area contributed by atoms with Crippen LogP contribution in [0, 0.1) is 5.92 Å². The van der Waals surface area contributed by atoms with E-state index in [0.29, 0.717) is 6.42 Å². The molecule has 2 aliphatic rings. The van der Waals surface area contributed by atoms with Crippen LogP contribution in [0.4, 0.5) is 8.78 Å². The maximum absolute atomic E-state index is 14.0. The molecule has 0 saturated carbocycles. The van der Waals surface area contributed by atoms with Crippen molar-refractivity contribution in [3.8, 4) is 0 Å². The fourth-order valence-corrected chi connectivity index (χ4v) is 4.03. The highest BCUT2D eigenvalue weighted by Gasteiger charge is 2.61. The second-order valence-electron chi connectivity index (χ2n) is 5.95. The summed E-state index contributed by atoms with van der Waals surface area (Å²) in [6.45, 7) is -0.364. The van der Waals surface area contributed by atoms with Crippen molar-refractivity contribution in [1.82, 2.24) is 4.90 Å². The Morgan fingerprint density at radius 1 is 1.38 bits per heavy atom. The van der Waals surface area contributed by atoms with E-state index in [1.165, 1.54) is 7.11 Å². The van der Waals surface area contributed by atoms with E-state index in [-0.39, 0.29) is 24.9 Å². The summed E-state index contributed by atoms with van der Waals surface area (Å²) in [5.74, 6) is -0.751. The summed E-state index contributed by atoms with van der Waals surface area (Å²) >= 11 is 0. The van der Waals surface area contributed by atoms with Crippen LogP contribution in [0.25, 0.3) is 0 Å². The average molecular weight is 295 g/mol. The molecule has 3 rings (SSSR count). The van der Waals surface area contributed by atoms with Gasteiger partial charge in [-0.15, -0.1) is 0 Å². The number of ether oxygens (including phenoxy) is 1. The SMILES string of the molecule is COC(=O)[C@]12C[C@H](F)CN1[C@@H](c1ccccc1)[C@@H](CF)C2. The van der Waals surface area contributed by atoms with Crippen molar-refractivity contribution < 1.29 is 18.3 Å². The summed E-state index contributed by atoms with van der Waals surface area (Å²) in [4.78, 5) is 14.1. The third-order valence-electron chi connectivity index (χ3n) is 4.79. The van der Waals surface area contributed by atoms with Gasteiger partial charge >= 0.3 is 5.97 Å². The molecule has 0 unspecified atom stereocenters. The van der Waals surface area contributed by atoms with Crippen molar-refractivity contribution in [2.24, 2.45) is 5.92 Å². The Kier molecular flexibility index (Phi) is 3.69. The normalized spacial score (nSPS) is 35.7. The lowest BCUT2D eigenvalue weighted by molar-refractivity contribution is -0.152. The summed E-state index contributed by atoms with van der Waals surface area (Å²) in [7, 11) is 1.31. The van der Waals surface area contributed by atoms with Gasteiger partial charge in [-0.25, -0.2) is 4.39 Å². The van der Waals surface area contributed by atoms with Crippen LogP contribution in [0.5, 0.6) is 0 Å². The van der Waals surface area contributed by atoms with Gasteiger partial charge in [0.1, 0.15) is 11.7 Å². The number of esters is 1. The molecule has 0 aliphatic carbocycles. The Morgan fingerprint density at radius 2 is 2.10 bits per heavy atom. The topological polar surface area (TPSA) is 29.5 Å². The number of rotatable bonds is 3. The highest BCUT2D eigenvalue weighted by Crippen LogP contribution is 2.53. The van der Waals surface area contributed by atoms with Crippen LogP contribution in [0.15, 0.2) is 30.3 Å². The molecule has 2 aliphatic heterocycles. The second kappa shape index (κ2) is 5.37. The zero-order valence-electron chi connectivity index (χ0n) is 12.0. The van der Waals surface area contributed by atoms with E-state index in [4.69, 9.17) is 4.74 Å². The van der Waals surface area contributed by atoms with E-state index in [1.807, 2.05) is 35.2 Å². The van der Waals surface area contributed by atoms with Gasteiger partial charge in [0.2, 0.25) is 0 Å². The first kappa shape index (κ1) is 14.4. The molecule has 0 amide bonds. The molecule has 5 heteroatoms. The van der Waals surface area contributed by atoms with Crippen LogP contribution in [0.1, 0.15) is 24.4 Å². The van der Waals surface area contributed by atoms with E-state index in [1.54, 1.807) is 0 Å². The van der Waals surface area contributed by atoms with Gasteiger partial charge in [0.05, 0.1) is 13.8 Å². The molecule has 0 N–H and O–H groups in total. The molecular formula is C16H19F2NO2. The molecule has 1 aromatic rings. The number of halogens is 2. The van der Waals surface area contributed by atoms with Crippen LogP contribution in [0.3, 0.4) is 0 Å². The van der Waals surface area contributed by atoms with Gasteiger partial charge in [-0.1, -0.05) is 30.3 Å². The van der Waals surface area contributed by atoms with Crippen molar-refractivity contribution in [2.45, 2.75) is 30.6 Å². The number of nitrogens with zero attached hydrogens (tertiary/aromatic N) is 1. The number of alkyl halides is 2. The van der Waals surface area contributed by atoms with Gasteiger partial charge in [0.15, 0.2) is 0 Å². The number of hydrogen-bond acceptors (Lipinski definition) is 3. The van der Waals surface area contributed by atoms with E-state index in [9.17, 15) is 13.6 Å². The van der Waals surface area contributed by atoms with Gasteiger partial charge in [-0.2, -0.15) is 0 Å². The first-order valence-electron chi connectivity index (χ1n) is 7.22. The van der Waals surface area contributed by atoms with Crippen LogP contribution in [0.2, 0.25) is 0 Å². The van der Waals surface area contributed by atoms with E-state index in [0.717, 1.165) is 5.56 Å². The fourth-order valence-electron chi connectivity index (χ4n) is 4.03. The van der Waals surface area contributed by atoms with Crippen LogP contribution in [-0.2, 0) is 9.53 Å². The molecule has 0 bridgehead atoms. The number of hydrogen-bond donors (Lipinski definition) is 0. The molecule has 0 radical (unpaired) electrons. The third-order valence-corrected chi connectivity index (χ3v) is 4.79. The molecule has 4 atom stereocenters. The molecule has 0 aromatic heterocycles. The smallest absolute Gasteiger partial charge is 0.326 e. The summed E-state index contributed by atoms with van der Waals surface area (Å²) in [6.07, 6.45) is -0.661. The highest BCUT2D eigenvalue weighted by atomic mass is 19.1. The second-order valence-corrected chi connectivity index (χ2v) is 5.95. The van der Waals surface area contributed by atoms with E-state index >= 15 is 0 Å². The average Bonchev–Trinajstić information content (AvgIpc) is 2.98. The number of carbonyl (C=O) groups is 1. The van der Waals surface area contributed by atoms with Crippen molar-refractivity contribution >= 4 is 5.97 Å². The summed E-state index contributed by atoms with van der Waals surface area (Å²) in [6, 6.07) is 9.20. The Labute approximate surface area is 122 Å². The Hall–Kier alpha value is -1.49. The first-order chi connectivity index (χ1) is 10.1. The van der Waals surface area contributed by atoms with Gasteiger partial charge in [-0.05, 0) is 12.0 Å². The van der Waals surface area contributed by atoms with Gasteiger partial charge in [-0.3, -0.25) is 14.1 Å². The zero-order chi connectivity index (χ0) is 15.0. The maximum Gasteiger partial charge on any atom is 0.326 e. The molecule has 114 valence electrons. The number of benzene rings is 1. The van der Waals surface area contributed by atoms with E-state index in [2.05, 4.69) is 0 Å². The Balaban J connectivity index is 2.02. The maximum atomic E-state index is 14.0. The van der Waals surface area contributed by atoms with Crippen molar-refractivity contribution in [3.05, 3.63) is 35.9 Å². The largest absolute Gasteiger partial charge is 0.468 e. The predicted octanol–water partition coefficient (Wildman–Crippen LogP) is 2.67. The molecular weight excluding hydrogens is 276 g/mol. The summed E-state index contributed by atoms with van der Waals surface area (Å²) in [5.41, 5.74) is -0.0779. The van der Waals surface area contributed by atoms with Crippen LogP contribution < -0.4 is 0 Å². The highest BCUT2D eigenvalue weighted by molar-refractivity contribution is 5.82. The van der Waals surface area contributed by atoms with Crippen molar-refractivity contribution in [3.63, 3.8) is 0 Å². The lowest BCUT2D eigenvalue weighted by Crippen LogP contribution is -2.47. The minimum absolute atomic E-state index is 0.0967. The molecule has 3 nitrogen and oxygen atoms in total. The van der Waals surface area contributed by atoms with Crippen molar-refractivity contribution in [1.29, 1.82) is 0 Å². The lowest BCUT2D eigenvalue weighted by Gasteiger charge is -2.32. The quantitative estimate of drug-likeness (QED) is 0.803. The molecule has 0 spiro atoms. The molecule has 21 heavy (non-hydrogen) atoms. The fraction of sp³-hybridized carbons (Fsp3) is 0.562. The predicted molar refractivity (Wildman–Crippen MR) is 74.2 cm³/mol. The first-order valence-corrected chi connectivity index (χ1v) is 7.22. The zero-order valence-corrected chi connectivity index (χ0v) is 12.0. The van der Waals surface area contributed by atoms with Crippen molar-refractivity contribution in [2.75, 3.05) is 20.3 Å². The molecule has 2 saturated heterocycles. The Bertz CT molecular complexity index is 524. The number of methoxy groups -OCH3 is 1. The minimum atomic E-state index is -1.07. The lowest BCUT2D eigenvalue weighted by atomic mass is 9.87. The summed E-state index contributed by atoms with van der Waals surface area (Å²) in [5, 5.41) is 0. The monoisotopic (exact) mass is 295 g/mol. The van der Waals surface area contributed by atoms with Gasteiger partial charge < -0.3 is 4.74 Å². The van der Waals surface area contributed by atoms with E-state index < -0.39 is 24.4 Å². The Morgan fingerprint density at radius 3 is 2.71 bits per heavy atom. The third kappa shape index (κ3) is 2.14. The standard InChI is InChI=1S/C16H19F2NO2/c1-21-15(20)16-7-12(9-17)14(11-5-3-2-4-6-11)19(16)10-13(18)8-16/h2-6,12-14H,7-10H2,1H3/t12-,13+,14+,16+/m1/s1. The summed E-state index contributed by atoms with van der Waals surface area (Å²) < 4.78 is 32.4. The van der Waals surface area contributed by atoms with Crippen LogP contribution >= 0.6 is 0 Å². The number of carbonyl (C=O) groups excluding carboxylic acids is 1. The minimum Gasteiger partial charge on any atom is -0.468 e.